The Labute approximate surface area is 115 Å². The molecule has 6 nitrogen and oxygen atoms in total. The Bertz CT molecular complexity index is 601. The third kappa shape index (κ3) is 3.14. The topological polar surface area (TPSA) is 94.9 Å². The van der Waals surface area contributed by atoms with Crippen LogP contribution in [0.5, 0.6) is 0 Å². The summed E-state index contributed by atoms with van der Waals surface area (Å²) in [4.78, 5) is 11.0. The van der Waals surface area contributed by atoms with Crippen molar-refractivity contribution in [3.63, 3.8) is 0 Å². The number of carbonyl (C=O) groups is 1. The maximum Gasteiger partial charge on any atom is 0.322 e. The lowest BCUT2D eigenvalue weighted by atomic mass is 10.2. The van der Waals surface area contributed by atoms with Crippen LogP contribution in [-0.2, 0) is 20.6 Å². The molecule has 1 heterocycles. The highest BCUT2D eigenvalue weighted by Crippen LogP contribution is 2.24. The fourth-order valence-corrected chi connectivity index (χ4v) is 3.93. The van der Waals surface area contributed by atoms with Crippen LogP contribution in [0.2, 0.25) is 0 Å². The molecule has 1 aromatic carbocycles. The molecular weight excluding hydrogens is 289 g/mol. The van der Waals surface area contributed by atoms with Crippen molar-refractivity contribution in [1.29, 1.82) is 0 Å². The van der Waals surface area contributed by atoms with Crippen molar-refractivity contribution in [2.24, 2.45) is 0 Å². The number of sulfonamides is 1. The van der Waals surface area contributed by atoms with Gasteiger partial charge in [0.15, 0.2) is 0 Å². The number of carboxylic acid groups (broad SMARTS) is 1. The van der Waals surface area contributed by atoms with Crippen LogP contribution in [0.4, 0.5) is 4.39 Å². The Balaban J connectivity index is 2.21. The lowest BCUT2D eigenvalue weighted by Gasteiger charge is -2.20. The highest BCUT2D eigenvalue weighted by atomic mass is 32.2. The largest absolute Gasteiger partial charge is 0.480 e. The minimum absolute atomic E-state index is 0.127. The van der Waals surface area contributed by atoms with Crippen molar-refractivity contribution in [1.82, 2.24) is 4.31 Å². The number of benzene rings is 1. The van der Waals surface area contributed by atoms with Crippen LogP contribution in [0.15, 0.2) is 24.3 Å². The number of β-amino-alcohol motifs (C(OH)–C–C–N with tert-alkyl or cyclic N) is 1. The molecule has 2 N–H and O–H groups in total. The summed E-state index contributed by atoms with van der Waals surface area (Å²) in [7, 11) is -3.88. The quantitative estimate of drug-likeness (QED) is 0.827. The molecule has 110 valence electrons. The number of hydrogen-bond donors (Lipinski definition) is 2. The number of aliphatic carboxylic acids is 1. The van der Waals surface area contributed by atoms with Crippen LogP contribution in [0.3, 0.4) is 0 Å². The van der Waals surface area contributed by atoms with Crippen LogP contribution in [0, 0.1) is 5.82 Å². The Morgan fingerprint density at radius 3 is 2.50 bits per heavy atom. The molecule has 0 saturated carbocycles. The molecule has 0 bridgehead atoms. The third-order valence-electron chi connectivity index (χ3n) is 3.14. The van der Waals surface area contributed by atoms with Gasteiger partial charge in [0.05, 0.1) is 11.9 Å². The van der Waals surface area contributed by atoms with E-state index in [9.17, 15) is 22.7 Å². The molecule has 0 aromatic heterocycles. The van der Waals surface area contributed by atoms with E-state index in [1.54, 1.807) is 0 Å². The summed E-state index contributed by atoms with van der Waals surface area (Å²) in [5, 5.41) is 18.5. The molecule has 0 radical (unpaired) electrons. The van der Waals surface area contributed by atoms with E-state index in [0.29, 0.717) is 5.56 Å². The fourth-order valence-electron chi connectivity index (χ4n) is 2.19. The van der Waals surface area contributed by atoms with Gasteiger partial charge in [0.2, 0.25) is 10.0 Å². The number of aliphatic hydroxyl groups is 1. The van der Waals surface area contributed by atoms with Gasteiger partial charge in [-0.3, -0.25) is 4.79 Å². The summed E-state index contributed by atoms with van der Waals surface area (Å²) >= 11 is 0. The Morgan fingerprint density at radius 2 is 1.95 bits per heavy atom. The molecule has 0 aliphatic carbocycles. The van der Waals surface area contributed by atoms with E-state index in [1.165, 1.54) is 12.1 Å². The first kappa shape index (κ1) is 14.9. The van der Waals surface area contributed by atoms with E-state index in [2.05, 4.69) is 0 Å². The first-order chi connectivity index (χ1) is 9.29. The number of rotatable bonds is 4. The lowest BCUT2D eigenvalue weighted by Crippen LogP contribution is -2.41. The van der Waals surface area contributed by atoms with Crippen LogP contribution in [0.25, 0.3) is 0 Å². The van der Waals surface area contributed by atoms with Gasteiger partial charge in [-0.05, 0) is 17.7 Å². The van der Waals surface area contributed by atoms with Crippen molar-refractivity contribution in [2.45, 2.75) is 24.3 Å². The molecule has 1 saturated heterocycles. The van der Waals surface area contributed by atoms with Gasteiger partial charge < -0.3 is 10.2 Å². The average molecular weight is 303 g/mol. The highest BCUT2D eigenvalue weighted by Gasteiger charge is 2.42. The van der Waals surface area contributed by atoms with Crippen LogP contribution >= 0.6 is 0 Å². The number of aliphatic hydroxyl groups excluding tert-OH is 1. The predicted octanol–water partition coefficient (Wildman–Crippen LogP) is 0.175. The fraction of sp³-hybridized carbons (Fsp3) is 0.417. The molecule has 20 heavy (non-hydrogen) atoms. The van der Waals surface area contributed by atoms with E-state index in [0.717, 1.165) is 16.4 Å². The van der Waals surface area contributed by atoms with Gasteiger partial charge in [0, 0.05) is 13.0 Å². The van der Waals surface area contributed by atoms with E-state index in [-0.39, 0.29) is 13.0 Å². The molecule has 2 atom stereocenters. The van der Waals surface area contributed by atoms with Crippen LogP contribution < -0.4 is 0 Å². The summed E-state index contributed by atoms with van der Waals surface area (Å²) in [6.45, 7) is -0.236. The molecule has 1 aromatic rings. The van der Waals surface area contributed by atoms with Crippen molar-refractivity contribution in [3.8, 4) is 0 Å². The molecule has 8 heteroatoms. The molecular formula is C12H14FNO5S. The zero-order chi connectivity index (χ0) is 14.9. The van der Waals surface area contributed by atoms with Gasteiger partial charge in [0.1, 0.15) is 11.9 Å². The monoisotopic (exact) mass is 303 g/mol. The van der Waals surface area contributed by atoms with E-state index >= 15 is 0 Å². The van der Waals surface area contributed by atoms with Crippen molar-refractivity contribution >= 4 is 16.0 Å². The minimum atomic E-state index is -3.88. The van der Waals surface area contributed by atoms with Gasteiger partial charge in [-0.25, -0.2) is 12.8 Å². The van der Waals surface area contributed by atoms with Crippen molar-refractivity contribution < 1.29 is 27.8 Å². The maximum absolute atomic E-state index is 12.8. The van der Waals surface area contributed by atoms with E-state index in [4.69, 9.17) is 5.11 Å². The molecule has 0 spiro atoms. The SMILES string of the molecule is O=C(O)[C@H]1C[C@@H](O)CN1S(=O)(=O)Cc1ccc(F)cc1. The van der Waals surface area contributed by atoms with Gasteiger partial charge >= 0.3 is 5.97 Å². The first-order valence-corrected chi connectivity index (χ1v) is 7.55. The Morgan fingerprint density at radius 1 is 1.35 bits per heavy atom. The summed E-state index contributed by atoms with van der Waals surface area (Å²) in [6, 6.07) is 3.68. The molecule has 1 aliphatic rings. The highest BCUT2D eigenvalue weighted by molar-refractivity contribution is 7.88. The third-order valence-corrected chi connectivity index (χ3v) is 4.95. The van der Waals surface area contributed by atoms with E-state index in [1.807, 2.05) is 0 Å². The summed E-state index contributed by atoms with van der Waals surface area (Å²) < 4.78 is 38.0. The van der Waals surface area contributed by atoms with Gasteiger partial charge in [-0.2, -0.15) is 4.31 Å². The average Bonchev–Trinajstić information content (AvgIpc) is 2.75. The predicted molar refractivity (Wildman–Crippen MR) is 67.8 cm³/mol. The second-order valence-electron chi connectivity index (χ2n) is 4.70. The number of halogens is 1. The molecule has 2 rings (SSSR count). The molecule has 1 aliphatic heterocycles. The van der Waals surface area contributed by atoms with Crippen molar-refractivity contribution in [2.75, 3.05) is 6.54 Å². The number of hydrogen-bond acceptors (Lipinski definition) is 4. The lowest BCUT2D eigenvalue weighted by molar-refractivity contribution is -0.140. The zero-order valence-corrected chi connectivity index (χ0v) is 11.3. The first-order valence-electron chi connectivity index (χ1n) is 5.94. The van der Waals surface area contributed by atoms with Crippen LogP contribution in [0.1, 0.15) is 12.0 Å². The van der Waals surface area contributed by atoms with Gasteiger partial charge in [0.25, 0.3) is 0 Å². The maximum atomic E-state index is 12.8. The second kappa shape index (κ2) is 5.47. The summed E-state index contributed by atoms with van der Waals surface area (Å²) in [6.07, 6.45) is -1.11. The van der Waals surface area contributed by atoms with Gasteiger partial charge in [-0.1, -0.05) is 12.1 Å². The zero-order valence-electron chi connectivity index (χ0n) is 10.4. The Hall–Kier alpha value is -1.51. The van der Waals surface area contributed by atoms with Crippen LogP contribution in [-0.4, -0.2) is 47.6 Å². The normalized spacial score (nSPS) is 23.9. The van der Waals surface area contributed by atoms with Gasteiger partial charge in [-0.15, -0.1) is 0 Å². The Kier molecular flexibility index (Phi) is 4.07. The number of nitrogens with zero attached hydrogens (tertiary/aromatic N) is 1. The molecule has 0 amide bonds. The standard InChI is InChI=1S/C12H14FNO5S/c13-9-3-1-8(2-4-9)7-20(18,19)14-6-10(15)5-11(14)12(16)17/h1-4,10-11,15H,5-7H2,(H,16,17)/t10-,11-/m1/s1. The summed E-state index contributed by atoms with van der Waals surface area (Å²) in [5.41, 5.74) is 0.358. The molecule has 1 fully saturated rings. The smallest absolute Gasteiger partial charge is 0.322 e. The second-order valence-corrected chi connectivity index (χ2v) is 6.62. The van der Waals surface area contributed by atoms with E-state index < -0.39 is 39.7 Å². The summed E-state index contributed by atoms with van der Waals surface area (Å²) in [5.74, 6) is -2.19. The number of carboxylic acids is 1. The van der Waals surface area contributed by atoms with Crippen molar-refractivity contribution in [3.05, 3.63) is 35.6 Å². The molecule has 0 unspecified atom stereocenters. The minimum Gasteiger partial charge on any atom is -0.480 e.